The molecule has 0 saturated carbocycles. The number of aromatic nitrogens is 1. The molecule has 1 fully saturated rings. The van der Waals surface area contributed by atoms with Gasteiger partial charge in [0.25, 0.3) is 11.7 Å². The third-order valence-corrected chi connectivity index (χ3v) is 7.95. The van der Waals surface area contributed by atoms with Crippen molar-refractivity contribution in [2.24, 2.45) is 0 Å². The molecule has 0 spiro atoms. The molecule has 43 heavy (non-hydrogen) atoms. The van der Waals surface area contributed by atoms with Crippen molar-refractivity contribution < 1.29 is 38.1 Å². The van der Waals surface area contributed by atoms with Crippen LogP contribution in [0.25, 0.3) is 0 Å². The largest absolute Gasteiger partial charge is 0.493 e. The summed E-state index contributed by atoms with van der Waals surface area (Å²) < 4.78 is 28.1. The van der Waals surface area contributed by atoms with Crippen molar-refractivity contribution in [2.75, 3.05) is 27.9 Å². The Kier molecular flexibility index (Phi) is 9.44. The highest BCUT2D eigenvalue weighted by molar-refractivity contribution is 6.43. The number of fused-ring (bicyclic) bond motifs is 1. The number of Topliss-reactive ketones (excluding diaryl/α,β-unsaturated/α-hetero) is 1. The van der Waals surface area contributed by atoms with E-state index in [1.807, 2.05) is 30.3 Å². The molecule has 0 bridgehead atoms. The van der Waals surface area contributed by atoms with E-state index in [-0.39, 0.29) is 23.6 Å². The summed E-state index contributed by atoms with van der Waals surface area (Å²) in [6.07, 6.45) is 7.24. The molecule has 0 radical (unpaired) electrons. The SMILES string of the molecule is COc1cc(C(=O)C(=O)N2CCCC[C@H]2C(=O)O[C@@H]2CCCc3ccc(OCc4ccncc4)cc32)cc(OC)c1OC. The highest BCUT2D eigenvalue weighted by Gasteiger charge is 2.38. The zero-order chi connectivity index (χ0) is 30.3. The molecule has 3 aromatic rings. The standard InChI is InChI=1S/C33H36N2O8/c1-39-28-17-23(18-29(40-2)31(28)41-3)30(36)32(37)35-16-5-4-8-26(35)33(38)43-27-9-6-7-22-10-11-24(19-25(22)27)42-20-21-12-14-34-15-13-21/h10-15,17-19,26-27H,4-9,16,20H2,1-3H3/t26-,27+/m0/s1. The highest BCUT2D eigenvalue weighted by Crippen LogP contribution is 2.39. The number of nitrogens with zero attached hydrogens (tertiary/aromatic N) is 2. The minimum atomic E-state index is -0.858. The van der Waals surface area contributed by atoms with Crippen LogP contribution in [-0.4, -0.2) is 61.5 Å². The smallest absolute Gasteiger partial charge is 0.329 e. The number of aryl methyl sites for hydroxylation is 1. The van der Waals surface area contributed by atoms with Crippen molar-refractivity contribution in [1.82, 2.24) is 9.88 Å². The molecule has 2 aliphatic rings. The number of carbonyl (C=O) groups excluding carboxylic acids is 3. The summed E-state index contributed by atoms with van der Waals surface area (Å²) in [4.78, 5) is 45.9. The minimum absolute atomic E-state index is 0.0812. The van der Waals surface area contributed by atoms with Crippen LogP contribution in [-0.2, 0) is 27.4 Å². The number of rotatable bonds is 10. The number of piperidine rings is 1. The average molecular weight is 589 g/mol. The van der Waals surface area contributed by atoms with Crippen molar-refractivity contribution in [2.45, 2.75) is 57.3 Å². The number of pyridine rings is 1. The van der Waals surface area contributed by atoms with E-state index in [1.165, 1.54) is 38.4 Å². The quantitative estimate of drug-likeness (QED) is 0.186. The van der Waals surface area contributed by atoms with Gasteiger partial charge in [0.15, 0.2) is 11.5 Å². The van der Waals surface area contributed by atoms with Gasteiger partial charge in [0, 0.05) is 24.5 Å². The molecule has 1 aliphatic heterocycles. The first kappa shape index (κ1) is 29.9. The molecule has 226 valence electrons. The molecule has 1 amide bonds. The second-order valence-corrected chi connectivity index (χ2v) is 10.6. The summed E-state index contributed by atoms with van der Waals surface area (Å²) >= 11 is 0. The summed E-state index contributed by atoms with van der Waals surface area (Å²) in [5.74, 6) is -0.534. The molecule has 10 nitrogen and oxygen atoms in total. The van der Waals surface area contributed by atoms with Crippen LogP contribution in [0.2, 0.25) is 0 Å². The van der Waals surface area contributed by atoms with Gasteiger partial charge in [-0.05, 0) is 91.6 Å². The fourth-order valence-corrected chi connectivity index (χ4v) is 5.70. The summed E-state index contributed by atoms with van der Waals surface area (Å²) in [6.45, 7) is 0.674. The van der Waals surface area contributed by atoms with Crippen LogP contribution >= 0.6 is 0 Å². The van der Waals surface area contributed by atoms with Gasteiger partial charge in [0.05, 0.1) is 21.3 Å². The average Bonchev–Trinajstić information content (AvgIpc) is 3.06. The van der Waals surface area contributed by atoms with Crippen molar-refractivity contribution in [3.63, 3.8) is 0 Å². The third-order valence-electron chi connectivity index (χ3n) is 7.95. The van der Waals surface area contributed by atoms with Crippen LogP contribution in [0.1, 0.15) is 65.3 Å². The Balaban J connectivity index is 1.31. The number of ether oxygens (including phenoxy) is 5. The number of esters is 1. The normalized spacial score (nSPS) is 17.8. The summed E-state index contributed by atoms with van der Waals surface area (Å²) in [7, 11) is 4.32. The van der Waals surface area contributed by atoms with Crippen molar-refractivity contribution >= 4 is 17.7 Å². The molecule has 0 N–H and O–H groups in total. The Morgan fingerprint density at radius 2 is 1.63 bits per heavy atom. The molecule has 0 unspecified atom stereocenters. The number of benzene rings is 2. The van der Waals surface area contributed by atoms with Crippen LogP contribution < -0.4 is 18.9 Å². The van der Waals surface area contributed by atoms with E-state index in [2.05, 4.69) is 4.98 Å². The van der Waals surface area contributed by atoms with Gasteiger partial charge in [-0.3, -0.25) is 14.6 Å². The molecule has 2 atom stereocenters. The Morgan fingerprint density at radius 3 is 2.33 bits per heavy atom. The summed E-state index contributed by atoms with van der Waals surface area (Å²) in [5.41, 5.74) is 3.10. The van der Waals surface area contributed by atoms with Crippen LogP contribution in [0.15, 0.2) is 54.9 Å². The molecule has 1 saturated heterocycles. The van der Waals surface area contributed by atoms with Crippen molar-refractivity contribution in [3.8, 4) is 23.0 Å². The first-order chi connectivity index (χ1) is 20.9. The molecule has 5 rings (SSSR count). The van der Waals surface area contributed by atoms with Crippen LogP contribution in [0, 0.1) is 0 Å². The Morgan fingerprint density at radius 1 is 0.884 bits per heavy atom. The third kappa shape index (κ3) is 6.58. The molecular formula is C33H36N2O8. The van der Waals surface area contributed by atoms with E-state index in [1.54, 1.807) is 12.4 Å². The monoisotopic (exact) mass is 588 g/mol. The zero-order valence-electron chi connectivity index (χ0n) is 24.7. The zero-order valence-corrected chi connectivity index (χ0v) is 24.7. The van der Waals surface area contributed by atoms with Crippen molar-refractivity contribution in [3.05, 3.63) is 77.1 Å². The fourth-order valence-electron chi connectivity index (χ4n) is 5.70. The van der Waals surface area contributed by atoms with E-state index in [4.69, 9.17) is 23.7 Å². The van der Waals surface area contributed by atoms with Gasteiger partial charge < -0.3 is 28.6 Å². The molecule has 10 heteroatoms. The number of hydrogen-bond acceptors (Lipinski definition) is 9. The number of amides is 1. The first-order valence-electron chi connectivity index (χ1n) is 14.4. The predicted octanol–water partition coefficient (Wildman–Crippen LogP) is 4.87. The minimum Gasteiger partial charge on any atom is -0.493 e. The number of carbonyl (C=O) groups is 3. The maximum atomic E-state index is 13.6. The molecule has 1 aromatic heterocycles. The van der Waals surface area contributed by atoms with Gasteiger partial charge in [-0.1, -0.05) is 6.07 Å². The second-order valence-electron chi connectivity index (χ2n) is 10.6. The second kappa shape index (κ2) is 13.6. The summed E-state index contributed by atoms with van der Waals surface area (Å²) in [5, 5.41) is 0. The lowest BCUT2D eigenvalue weighted by atomic mass is 9.89. The van der Waals surface area contributed by atoms with Crippen LogP contribution in [0.4, 0.5) is 0 Å². The maximum Gasteiger partial charge on any atom is 0.329 e. The van der Waals surface area contributed by atoms with E-state index in [9.17, 15) is 14.4 Å². The van der Waals surface area contributed by atoms with Crippen LogP contribution in [0.5, 0.6) is 23.0 Å². The Bertz CT molecular complexity index is 1450. The number of likely N-dealkylation sites (tertiary alicyclic amines) is 1. The highest BCUT2D eigenvalue weighted by atomic mass is 16.5. The molecule has 1 aliphatic carbocycles. The molecular weight excluding hydrogens is 552 g/mol. The Labute approximate surface area is 250 Å². The molecule has 2 aromatic carbocycles. The van der Waals surface area contributed by atoms with E-state index in [0.29, 0.717) is 37.4 Å². The first-order valence-corrected chi connectivity index (χ1v) is 14.4. The van der Waals surface area contributed by atoms with E-state index < -0.39 is 29.8 Å². The predicted molar refractivity (Wildman–Crippen MR) is 157 cm³/mol. The fraction of sp³-hybridized carbons (Fsp3) is 0.394. The summed E-state index contributed by atoms with van der Waals surface area (Å²) in [6, 6.07) is 11.7. The van der Waals surface area contributed by atoms with Gasteiger partial charge >= 0.3 is 5.97 Å². The maximum absolute atomic E-state index is 13.6. The lowest BCUT2D eigenvalue weighted by Gasteiger charge is -2.35. The van der Waals surface area contributed by atoms with Crippen molar-refractivity contribution in [1.29, 1.82) is 0 Å². The van der Waals surface area contributed by atoms with Gasteiger partial charge in [-0.25, -0.2) is 4.79 Å². The Hall–Kier alpha value is -4.60. The number of ketones is 1. The topological polar surface area (TPSA) is 113 Å². The van der Waals surface area contributed by atoms with Gasteiger partial charge in [0.1, 0.15) is 24.5 Å². The molecule has 2 heterocycles. The lowest BCUT2D eigenvalue weighted by Crippen LogP contribution is -2.51. The van der Waals surface area contributed by atoms with Gasteiger partial charge in [0.2, 0.25) is 5.75 Å². The van der Waals surface area contributed by atoms with E-state index in [0.717, 1.165) is 36.0 Å². The van der Waals surface area contributed by atoms with Gasteiger partial charge in [-0.2, -0.15) is 0 Å². The number of hydrogen-bond donors (Lipinski definition) is 0. The lowest BCUT2D eigenvalue weighted by molar-refractivity contribution is -0.161. The van der Waals surface area contributed by atoms with E-state index >= 15 is 0 Å². The van der Waals surface area contributed by atoms with Crippen LogP contribution in [0.3, 0.4) is 0 Å². The number of methoxy groups -OCH3 is 3. The van der Waals surface area contributed by atoms with Gasteiger partial charge in [-0.15, -0.1) is 0 Å².